The van der Waals surface area contributed by atoms with Gasteiger partial charge in [0.2, 0.25) is 5.91 Å². The highest BCUT2D eigenvalue weighted by Crippen LogP contribution is 2.22. The third-order valence-electron chi connectivity index (χ3n) is 5.66. The number of carbonyl (C=O) groups is 1. The molecule has 0 saturated carbocycles. The molecular weight excluding hydrogens is 409 g/mol. The van der Waals surface area contributed by atoms with Crippen LogP contribution in [0.1, 0.15) is 11.1 Å². The molecule has 0 atom stereocenters. The number of halogens is 1. The van der Waals surface area contributed by atoms with Crippen LogP contribution in [-0.2, 0) is 17.8 Å². The molecule has 3 heterocycles. The molecule has 0 spiro atoms. The predicted molar refractivity (Wildman–Crippen MR) is 118 cm³/mol. The van der Waals surface area contributed by atoms with Crippen molar-refractivity contribution < 1.29 is 9.18 Å². The average Bonchev–Trinajstić information content (AvgIpc) is 3.24. The van der Waals surface area contributed by atoms with Crippen LogP contribution in [0.4, 0.5) is 10.2 Å². The Hall–Kier alpha value is -3.88. The molecule has 1 fully saturated rings. The Bertz CT molecular complexity index is 1220. The smallest absolute Gasteiger partial charge is 0.227 e. The summed E-state index contributed by atoms with van der Waals surface area (Å²) in [5.41, 5.74) is 3.28. The van der Waals surface area contributed by atoms with Gasteiger partial charge in [-0.2, -0.15) is 0 Å². The summed E-state index contributed by atoms with van der Waals surface area (Å²) in [6.45, 7) is 3.05. The molecule has 1 saturated heterocycles. The Labute approximate surface area is 184 Å². The van der Waals surface area contributed by atoms with Gasteiger partial charge in [0.05, 0.1) is 13.0 Å². The molecule has 0 radical (unpaired) electrons. The topological polar surface area (TPSA) is 80.0 Å². The molecule has 0 aliphatic carbocycles. The first-order chi connectivity index (χ1) is 15.7. The Morgan fingerprint density at radius 2 is 1.66 bits per heavy atom. The lowest BCUT2D eigenvalue weighted by Gasteiger charge is -2.35. The molecule has 0 N–H and O–H groups in total. The standard InChI is InChI=1S/C23H22FN7O/c24-19-8-6-17(7-9-19)14-20(32)29-10-12-30(13-11-29)22-21-23(26-16-25-22)31(28-27-21)15-18-4-2-1-3-5-18/h1-9,16H,10-15H2. The molecule has 9 heteroatoms. The second-order valence-electron chi connectivity index (χ2n) is 7.77. The zero-order valence-electron chi connectivity index (χ0n) is 17.4. The van der Waals surface area contributed by atoms with Gasteiger partial charge in [-0.1, -0.05) is 47.7 Å². The fourth-order valence-electron chi connectivity index (χ4n) is 3.93. The third-order valence-corrected chi connectivity index (χ3v) is 5.66. The van der Waals surface area contributed by atoms with Crippen LogP contribution in [0, 0.1) is 5.82 Å². The molecule has 2 aromatic heterocycles. The minimum absolute atomic E-state index is 0.0397. The van der Waals surface area contributed by atoms with Gasteiger partial charge in [0.1, 0.15) is 12.1 Å². The normalized spacial score (nSPS) is 14.2. The lowest BCUT2D eigenvalue weighted by molar-refractivity contribution is -0.130. The molecule has 5 rings (SSSR count). The Kier molecular flexibility index (Phi) is 5.45. The largest absolute Gasteiger partial charge is 0.351 e. The van der Waals surface area contributed by atoms with Gasteiger partial charge in [-0.15, -0.1) is 5.10 Å². The van der Waals surface area contributed by atoms with Gasteiger partial charge >= 0.3 is 0 Å². The van der Waals surface area contributed by atoms with Crippen LogP contribution in [0.5, 0.6) is 0 Å². The van der Waals surface area contributed by atoms with Crippen molar-refractivity contribution in [1.82, 2.24) is 29.9 Å². The highest BCUT2D eigenvalue weighted by Gasteiger charge is 2.24. The number of benzene rings is 2. The van der Waals surface area contributed by atoms with Crippen molar-refractivity contribution >= 4 is 22.9 Å². The number of hydrogen-bond acceptors (Lipinski definition) is 6. The van der Waals surface area contributed by atoms with Gasteiger partial charge in [-0.25, -0.2) is 19.0 Å². The molecule has 162 valence electrons. The van der Waals surface area contributed by atoms with E-state index in [4.69, 9.17) is 0 Å². The van der Waals surface area contributed by atoms with E-state index >= 15 is 0 Å². The van der Waals surface area contributed by atoms with E-state index in [-0.39, 0.29) is 18.1 Å². The van der Waals surface area contributed by atoms with E-state index in [1.54, 1.807) is 16.8 Å². The number of nitrogens with zero attached hydrogens (tertiary/aromatic N) is 7. The van der Waals surface area contributed by atoms with Crippen LogP contribution in [-0.4, -0.2) is 61.9 Å². The van der Waals surface area contributed by atoms with E-state index in [1.165, 1.54) is 18.5 Å². The predicted octanol–water partition coefficient (Wildman–Crippen LogP) is 2.30. The fourth-order valence-corrected chi connectivity index (χ4v) is 3.93. The highest BCUT2D eigenvalue weighted by atomic mass is 19.1. The number of fused-ring (bicyclic) bond motifs is 1. The molecule has 4 aromatic rings. The zero-order valence-corrected chi connectivity index (χ0v) is 17.4. The lowest BCUT2D eigenvalue weighted by Crippen LogP contribution is -2.49. The summed E-state index contributed by atoms with van der Waals surface area (Å²) in [7, 11) is 0. The summed E-state index contributed by atoms with van der Waals surface area (Å²) in [4.78, 5) is 25.5. The minimum Gasteiger partial charge on any atom is -0.351 e. The van der Waals surface area contributed by atoms with Crippen LogP contribution in [0.2, 0.25) is 0 Å². The van der Waals surface area contributed by atoms with Crippen LogP contribution in [0.15, 0.2) is 60.9 Å². The van der Waals surface area contributed by atoms with Crippen molar-refractivity contribution in [2.45, 2.75) is 13.0 Å². The van der Waals surface area contributed by atoms with E-state index < -0.39 is 0 Å². The van der Waals surface area contributed by atoms with Crippen LogP contribution in [0.3, 0.4) is 0 Å². The zero-order chi connectivity index (χ0) is 21.9. The number of rotatable bonds is 5. The van der Waals surface area contributed by atoms with Crippen LogP contribution in [0.25, 0.3) is 11.2 Å². The van der Waals surface area contributed by atoms with Crippen molar-refractivity contribution in [2.75, 3.05) is 31.1 Å². The summed E-state index contributed by atoms with van der Waals surface area (Å²) < 4.78 is 14.9. The molecule has 8 nitrogen and oxygen atoms in total. The van der Waals surface area contributed by atoms with E-state index in [0.717, 1.165) is 16.9 Å². The second kappa shape index (κ2) is 8.70. The molecule has 2 aromatic carbocycles. The van der Waals surface area contributed by atoms with E-state index in [0.29, 0.717) is 43.9 Å². The van der Waals surface area contributed by atoms with Crippen LogP contribution >= 0.6 is 0 Å². The van der Waals surface area contributed by atoms with Crippen molar-refractivity contribution in [3.63, 3.8) is 0 Å². The van der Waals surface area contributed by atoms with Gasteiger partial charge in [-0.05, 0) is 23.3 Å². The first-order valence-corrected chi connectivity index (χ1v) is 10.5. The maximum Gasteiger partial charge on any atom is 0.227 e. The van der Waals surface area contributed by atoms with Crippen LogP contribution < -0.4 is 4.90 Å². The third kappa shape index (κ3) is 4.14. The number of hydrogen-bond donors (Lipinski definition) is 0. The Balaban J connectivity index is 1.27. The molecule has 1 amide bonds. The van der Waals surface area contributed by atoms with Crippen molar-refractivity contribution in [1.29, 1.82) is 0 Å². The lowest BCUT2D eigenvalue weighted by atomic mass is 10.1. The Morgan fingerprint density at radius 3 is 2.41 bits per heavy atom. The van der Waals surface area contributed by atoms with Gasteiger partial charge in [0.25, 0.3) is 0 Å². The van der Waals surface area contributed by atoms with E-state index in [2.05, 4.69) is 25.2 Å². The van der Waals surface area contributed by atoms with Gasteiger partial charge in [0, 0.05) is 26.2 Å². The summed E-state index contributed by atoms with van der Waals surface area (Å²) in [6, 6.07) is 16.1. The number of amides is 1. The first kappa shape index (κ1) is 20.0. The first-order valence-electron chi connectivity index (χ1n) is 10.5. The SMILES string of the molecule is O=C(Cc1ccc(F)cc1)N1CCN(c2ncnc3c2nnn3Cc2ccccc2)CC1. The summed E-state index contributed by atoms with van der Waals surface area (Å²) in [6.07, 6.45) is 1.81. The molecule has 0 bridgehead atoms. The second-order valence-corrected chi connectivity index (χ2v) is 7.77. The highest BCUT2D eigenvalue weighted by molar-refractivity contribution is 5.83. The monoisotopic (exact) mass is 431 g/mol. The number of piperazine rings is 1. The number of anilines is 1. The van der Waals surface area contributed by atoms with Gasteiger partial charge < -0.3 is 9.80 Å². The molecule has 1 aliphatic rings. The average molecular weight is 431 g/mol. The number of aromatic nitrogens is 5. The molecule has 0 unspecified atom stereocenters. The maximum atomic E-state index is 13.1. The van der Waals surface area contributed by atoms with Gasteiger partial charge in [-0.3, -0.25) is 4.79 Å². The Morgan fingerprint density at radius 1 is 0.906 bits per heavy atom. The van der Waals surface area contributed by atoms with Crippen molar-refractivity contribution in [2.24, 2.45) is 0 Å². The summed E-state index contributed by atoms with van der Waals surface area (Å²) in [5, 5.41) is 8.63. The maximum absolute atomic E-state index is 13.1. The summed E-state index contributed by atoms with van der Waals surface area (Å²) in [5.74, 6) is 0.476. The van der Waals surface area contributed by atoms with E-state index in [1.807, 2.05) is 35.2 Å². The van der Waals surface area contributed by atoms with Crippen molar-refractivity contribution in [3.8, 4) is 0 Å². The van der Waals surface area contributed by atoms with Crippen molar-refractivity contribution in [3.05, 3.63) is 77.9 Å². The quantitative estimate of drug-likeness (QED) is 0.483. The van der Waals surface area contributed by atoms with E-state index in [9.17, 15) is 9.18 Å². The minimum atomic E-state index is -0.299. The molecular formula is C23H22FN7O. The molecule has 1 aliphatic heterocycles. The number of carbonyl (C=O) groups excluding carboxylic acids is 1. The molecule has 32 heavy (non-hydrogen) atoms. The summed E-state index contributed by atoms with van der Waals surface area (Å²) >= 11 is 0. The van der Waals surface area contributed by atoms with Gasteiger partial charge in [0.15, 0.2) is 17.0 Å². The fraction of sp³-hybridized carbons (Fsp3) is 0.261.